The Morgan fingerprint density at radius 2 is 1.52 bits per heavy atom. The second-order valence-corrected chi connectivity index (χ2v) is 8.85. The summed E-state index contributed by atoms with van der Waals surface area (Å²) in [5.74, 6) is 0.393. The van der Waals surface area contributed by atoms with Gasteiger partial charge in [-0.15, -0.1) is 0 Å². The van der Waals surface area contributed by atoms with E-state index in [1.165, 1.54) is 55.9 Å². The highest BCUT2D eigenvalue weighted by Crippen LogP contribution is 2.36. The maximum atomic E-state index is 12.9. The van der Waals surface area contributed by atoms with Gasteiger partial charge in [-0.3, -0.25) is 9.10 Å². The van der Waals surface area contributed by atoms with Crippen molar-refractivity contribution in [1.82, 2.24) is 0 Å². The van der Waals surface area contributed by atoms with Crippen LogP contribution in [0.3, 0.4) is 0 Å². The average Bonchev–Trinajstić information content (AvgIpc) is 2.80. The number of benzene rings is 3. The fourth-order valence-electron chi connectivity index (χ4n) is 2.86. The second kappa shape index (κ2) is 9.28. The van der Waals surface area contributed by atoms with Crippen molar-refractivity contribution in [2.24, 2.45) is 0 Å². The molecule has 0 spiro atoms. The number of anilines is 2. The Bertz CT molecular complexity index is 1180. The monoisotopic (exact) mass is 460 g/mol. The van der Waals surface area contributed by atoms with E-state index in [2.05, 4.69) is 5.32 Å². The topological polar surface area (TPSA) is 84.9 Å². The predicted molar refractivity (Wildman–Crippen MR) is 121 cm³/mol. The largest absolute Gasteiger partial charge is 0.493 e. The van der Waals surface area contributed by atoms with Crippen molar-refractivity contribution in [3.8, 4) is 11.5 Å². The van der Waals surface area contributed by atoms with Gasteiger partial charge < -0.3 is 14.8 Å². The van der Waals surface area contributed by atoms with E-state index < -0.39 is 15.9 Å². The van der Waals surface area contributed by atoms with Crippen LogP contribution >= 0.6 is 11.6 Å². The van der Waals surface area contributed by atoms with Crippen LogP contribution in [0.5, 0.6) is 11.5 Å². The van der Waals surface area contributed by atoms with Crippen molar-refractivity contribution >= 4 is 38.9 Å². The minimum atomic E-state index is -3.77. The van der Waals surface area contributed by atoms with Gasteiger partial charge in [-0.05, 0) is 36.4 Å². The quantitative estimate of drug-likeness (QED) is 0.563. The van der Waals surface area contributed by atoms with Gasteiger partial charge in [0.1, 0.15) is 0 Å². The summed E-state index contributed by atoms with van der Waals surface area (Å²) in [6.45, 7) is 0. The van der Waals surface area contributed by atoms with E-state index in [0.29, 0.717) is 22.9 Å². The van der Waals surface area contributed by atoms with Crippen LogP contribution in [0.15, 0.2) is 71.6 Å². The number of amides is 1. The number of rotatable bonds is 7. The third-order valence-corrected chi connectivity index (χ3v) is 6.73. The van der Waals surface area contributed by atoms with E-state index in [-0.39, 0.29) is 15.5 Å². The van der Waals surface area contributed by atoms with Crippen LogP contribution in [0.25, 0.3) is 0 Å². The summed E-state index contributed by atoms with van der Waals surface area (Å²) < 4.78 is 37.3. The highest BCUT2D eigenvalue weighted by molar-refractivity contribution is 7.92. The van der Waals surface area contributed by atoms with Crippen LogP contribution in [-0.2, 0) is 10.0 Å². The first-order chi connectivity index (χ1) is 14.8. The molecule has 3 aromatic carbocycles. The zero-order valence-corrected chi connectivity index (χ0v) is 18.7. The van der Waals surface area contributed by atoms with Gasteiger partial charge >= 0.3 is 0 Å². The number of carbonyl (C=O) groups is 1. The smallest absolute Gasteiger partial charge is 0.264 e. The lowest BCUT2D eigenvalue weighted by molar-refractivity contribution is 0.102. The number of hydrogen-bond donors (Lipinski definition) is 1. The van der Waals surface area contributed by atoms with Crippen molar-refractivity contribution in [3.05, 3.63) is 77.3 Å². The van der Waals surface area contributed by atoms with Gasteiger partial charge in [0.05, 0.1) is 35.5 Å². The van der Waals surface area contributed by atoms with Crippen molar-refractivity contribution in [2.45, 2.75) is 4.90 Å². The van der Waals surface area contributed by atoms with Crippen molar-refractivity contribution in [3.63, 3.8) is 0 Å². The summed E-state index contributed by atoms with van der Waals surface area (Å²) in [7, 11) is 0.668. The number of methoxy groups -OCH3 is 2. The second-order valence-electron chi connectivity index (χ2n) is 6.47. The van der Waals surface area contributed by atoms with E-state index in [0.717, 1.165) is 0 Å². The molecule has 0 bridgehead atoms. The third-order valence-electron chi connectivity index (χ3n) is 4.62. The molecular weight excluding hydrogens is 440 g/mol. The maximum Gasteiger partial charge on any atom is 0.264 e. The molecule has 0 saturated carbocycles. The summed E-state index contributed by atoms with van der Waals surface area (Å²) in [6, 6.07) is 17.5. The number of hydrogen-bond acceptors (Lipinski definition) is 5. The van der Waals surface area contributed by atoms with E-state index in [1.807, 2.05) is 6.07 Å². The van der Waals surface area contributed by atoms with Gasteiger partial charge in [-0.1, -0.05) is 29.8 Å². The normalized spacial score (nSPS) is 11.0. The zero-order valence-electron chi connectivity index (χ0n) is 17.1. The number of para-hydroxylation sites is 1. The molecule has 0 fully saturated rings. The molecule has 0 aliphatic rings. The van der Waals surface area contributed by atoms with Crippen LogP contribution in [0.1, 0.15) is 10.4 Å². The van der Waals surface area contributed by atoms with Crippen LogP contribution in [0, 0.1) is 0 Å². The lowest BCUT2D eigenvalue weighted by Crippen LogP contribution is -2.26. The summed E-state index contributed by atoms with van der Waals surface area (Å²) in [5.41, 5.74) is 1.14. The van der Waals surface area contributed by atoms with Gasteiger partial charge in [-0.2, -0.15) is 0 Å². The van der Waals surface area contributed by atoms with E-state index in [9.17, 15) is 13.2 Å². The van der Waals surface area contributed by atoms with Gasteiger partial charge in [0.15, 0.2) is 11.5 Å². The Labute approximate surface area is 186 Å². The average molecular weight is 461 g/mol. The highest BCUT2D eigenvalue weighted by Gasteiger charge is 2.22. The molecule has 31 heavy (non-hydrogen) atoms. The first kappa shape index (κ1) is 22.5. The van der Waals surface area contributed by atoms with E-state index in [1.54, 1.807) is 30.3 Å². The van der Waals surface area contributed by atoms with Crippen LogP contribution in [0.2, 0.25) is 5.02 Å². The first-order valence-electron chi connectivity index (χ1n) is 9.15. The first-order valence-corrected chi connectivity index (χ1v) is 11.0. The molecule has 0 radical (unpaired) electrons. The van der Waals surface area contributed by atoms with Crippen LogP contribution in [-0.4, -0.2) is 35.6 Å². The SMILES string of the molecule is COc1cc(Cl)c(NC(=O)c2ccc(S(=O)(=O)N(C)c3ccccc3)cc2)cc1OC. The molecule has 0 atom stereocenters. The molecule has 0 unspecified atom stereocenters. The summed E-state index contributed by atoms with van der Waals surface area (Å²) in [4.78, 5) is 12.7. The van der Waals surface area contributed by atoms with Gasteiger partial charge in [0.2, 0.25) is 0 Å². The molecule has 7 nitrogen and oxygen atoms in total. The van der Waals surface area contributed by atoms with Crippen LogP contribution in [0.4, 0.5) is 11.4 Å². The van der Waals surface area contributed by atoms with Crippen molar-refractivity contribution in [1.29, 1.82) is 0 Å². The summed E-state index contributed by atoms with van der Waals surface area (Å²) >= 11 is 6.21. The minimum Gasteiger partial charge on any atom is -0.493 e. The Kier molecular flexibility index (Phi) is 6.72. The number of ether oxygens (including phenoxy) is 2. The number of halogens is 1. The Morgan fingerprint density at radius 3 is 2.10 bits per heavy atom. The Balaban J connectivity index is 1.81. The van der Waals surface area contributed by atoms with Crippen LogP contribution < -0.4 is 19.1 Å². The molecule has 3 aromatic rings. The third kappa shape index (κ3) is 4.76. The van der Waals surface area contributed by atoms with Crippen molar-refractivity contribution in [2.75, 3.05) is 30.9 Å². The fourth-order valence-corrected chi connectivity index (χ4v) is 4.25. The molecular formula is C22H21ClN2O5S. The van der Waals surface area contributed by atoms with Gasteiger partial charge in [0, 0.05) is 24.7 Å². The number of nitrogens with zero attached hydrogens (tertiary/aromatic N) is 1. The Morgan fingerprint density at radius 1 is 0.935 bits per heavy atom. The van der Waals surface area contributed by atoms with Gasteiger partial charge in [0.25, 0.3) is 15.9 Å². The lowest BCUT2D eigenvalue weighted by atomic mass is 10.2. The molecule has 0 heterocycles. The molecule has 1 N–H and O–H groups in total. The van der Waals surface area contributed by atoms with E-state index >= 15 is 0 Å². The maximum absolute atomic E-state index is 12.9. The number of sulfonamides is 1. The highest BCUT2D eigenvalue weighted by atomic mass is 35.5. The molecule has 9 heteroatoms. The molecule has 162 valence electrons. The van der Waals surface area contributed by atoms with Gasteiger partial charge in [-0.25, -0.2) is 8.42 Å². The predicted octanol–water partition coefficient (Wildman–Crippen LogP) is 4.43. The number of carbonyl (C=O) groups excluding carboxylic acids is 1. The standard InChI is InChI=1S/C22H21ClN2O5S/c1-25(16-7-5-4-6-8-16)31(27,28)17-11-9-15(10-12-17)22(26)24-19-14-21(30-3)20(29-2)13-18(19)23/h4-14H,1-3H3,(H,24,26). The molecule has 0 aromatic heterocycles. The molecule has 0 aliphatic carbocycles. The molecule has 1 amide bonds. The lowest BCUT2D eigenvalue weighted by Gasteiger charge is -2.19. The summed E-state index contributed by atoms with van der Waals surface area (Å²) in [6.07, 6.45) is 0. The fraction of sp³-hybridized carbons (Fsp3) is 0.136. The number of nitrogens with one attached hydrogen (secondary N) is 1. The molecule has 0 aliphatic heterocycles. The Hall–Kier alpha value is -3.23. The van der Waals surface area contributed by atoms with E-state index in [4.69, 9.17) is 21.1 Å². The van der Waals surface area contributed by atoms with Crippen molar-refractivity contribution < 1.29 is 22.7 Å². The minimum absolute atomic E-state index is 0.0690. The summed E-state index contributed by atoms with van der Waals surface area (Å²) in [5, 5.41) is 2.97. The molecule has 0 saturated heterocycles. The molecule has 3 rings (SSSR count). The zero-order chi connectivity index (χ0) is 22.6.